The molecule has 2 aromatic rings. The first kappa shape index (κ1) is 21.2. The normalized spacial score (nSPS) is 15.6. The maximum Gasteiger partial charge on any atom is 0.251 e. The molecule has 148 valence electrons. The van der Waals surface area contributed by atoms with Crippen molar-refractivity contribution in [1.82, 2.24) is 20.8 Å². The van der Waals surface area contributed by atoms with Crippen LogP contribution >= 0.6 is 12.4 Å². The van der Waals surface area contributed by atoms with Gasteiger partial charge in [0.25, 0.3) is 5.91 Å². The van der Waals surface area contributed by atoms with Gasteiger partial charge in [-0.1, -0.05) is 19.0 Å². The molecule has 1 aliphatic rings. The topological polar surface area (TPSA) is 89.3 Å². The Labute approximate surface area is 165 Å². The number of hydrogen-bond acceptors (Lipinski definition) is 6. The SMILES string of the molecule is CCc1nc(COc2ccc(C(=O)NCC3(C)CCNCC3)cc2)no1.Cl. The molecule has 0 bridgehead atoms. The summed E-state index contributed by atoms with van der Waals surface area (Å²) in [6, 6.07) is 7.09. The summed E-state index contributed by atoms with van der Waals surface area (Å²) in [5.74, 6) is 1.72. The Balaban J connectivity index is 0.00000261. The van der Waals surface area contributed by atoms with E-state index in [9.17, 15) is 4.79 Å². The number of nitrogens with one attached hydrogen (secondary N) is 2. The van der Waals surface area contributed by atoms with Crippen LogP contribution in [0.25, 0.3) is 0 Å². The van der Waals surface area contributed by atoms with E-state index in [0.29, 0.717) is 36.0 Å². The van der Waals surface area contributed by atoms with Gasteiger partial charge in [-0.15, -0.1) is 12.4 Å². The maximum absolute atomic E-state index is 12.4. The Morgan fingerprint density at radius 1 is 1.30 bits per heavy atom. The molecule has 1 fully saturated rings. The monoisotopic (exact) mass is 394 g/mol. The van der Waals surface area contributed by atoms with Crippen LogP contribution in [0.4, 0.5) is 0 Å². The Kier molecular flexibility index (Phi) is 7.62. The first-order valence-corrected chi connectivity index (χ1v) is 9.11. The van der Waals surface area contributed by atoms with E-state index in [1.54, 1.807) is 24.3 Å². The number of ether oxygens (including phenoxy) is 1. The summed E-state index contributed by atoms with van der Waals surface area (Å²) < 4.78 is 10.7. The number of halogens is 1. The van der Waals surface area contributed by atoms with Crippen molar-refractivity contribution in [2.24, 2.45) is 5.41 Å². The van der Waals surface area contributed by atoms with Crippen molar-refractivity contribution < 1.29 is 14.1 Å². The standard InChI is InChI=1S/C19H26N4O3.ClH/c1-3-17-22-16(23-26-17)12-25-15-6-4-14(5-7-15)18(24)21-13-19(2)8-10-20-11-9-19;/h4-7,20H,3,8-13H2,1-2H3,(H,21,24);1H. The van der Waals surface area contributed by atoms with Crippen LogP contribution < -0.4 is 15.4 Å². The third-order valence-corrected chi connectivity index (χ3v) is 4.78. The zero-order valence-electron chi connectivity index (χ0n) is 15.8. The van der Waals surface area contributed by atoms with Crippen molar-refractivity contribution in [1.29, 1.82) is 0 Å². The van der Waals surface area contributed by atoms with Gasteiger partial charge >= 0.3 is 0 Å². The lowest BCUT2D eigenvalue weighted by Gasteiger charge is -2.34. The van der Waals surface area contributed by atoms with Crippen molar-refractivity contribution in [3.63, 3.8) is 0 Å². The van der Waals surface area contributed by atoms with Gasteiger partial charge in [0.15, 0.2) is 6.61 Å². The predicted octanol–water partition coefficient (Wildman–Crippen LogP) is 2.75. The lowest BCUT2D eigenvalue weighted by Crippen LogP contribution is -2.42. The molecular weight excluding hydrogens is 368 g/mol. The summed E-state index contributed by atoms with van der Waals surface area (Å²) in [4.78, 5) is 16.5. The second-order valence-corrected chi connectivity index (χ2v) is 7.01. The van der Waals surface area contributed by atoms with E-state index in [1.807, 2.05) is 6.92 Å². The fourth-order valence-corrected chi connectivity index (χ4v) is 2.95. The Bertz CT molecular complexity index is 727. The van der Waals surface area contributed by atoms with Crippen LogP contribution in [0.1, 0.15) is 48.8 Å². The number of aromatic nitrogens is 2. The second-order valence-electron chi connectivity index (χ2n) is 7.01. The van der Waals surface area contributed by atoms with E-state index in [4.69, 9.17) is 9.26 Å². The lowest BCUT2D eigenvalue weighted by molar-refractivity contribution is 0.0922. The average molecular weight is 395 g/mol. The van der Waals surface area contributed by atoms with Gasteiger partial charge < -0.3 is 19.9 Å². The van der Waals surface area contributed by atoms with Gasteiger partial charge in [-0.05, 0) is 55.6 Å². The van der Waals surface area contributed by atoms with Crippen molar-refractivity contribution in [3.05, 3.63) is 41.5 Å². The zero-order valence-corrected chi connectivity index (χ0v) is 16.6. The summed E-state index contributed by atoms with van der Waals surface area (Å²) in [6.07, 6.45) is 2.86. The molecule has 0 radical (unpaired) electrons. The van der Waals surface area contributed by atoms with E-state index in [2.05, 4.69) is 27.7 Å². The van der Waals surface area contributed by atoms with Gasteiger partial charge in [-0.3, -0.25) is 4.79 Å². The van der Waals surface area contributed by atoms with Gasteiger partial charge in [0.05, 0.1) is 0 Å². The molecular formula is C19H27ClN4O3. The highest BCUT2D eigenvalue weighted by atomic mass is 35.5. The minimum absolute atomic E-state index is 0. The number of nitrogens with zero attached hydrogens (tertiary/aromatic N) is 2. The number of carbonyl (C=O) groups excluding carboxylic acids is 1. The highest BCUT2D eigenvalue weighted by Gasteiger charge is 2.27. The van der Waals surface area contributed by atoms with Crippen LogP contribution in [-0.2, 0) is 13.0 Å². The third kappa shape index (κ3) is 5.94. The average Bonchev–Trinajstić information content (AvgIpc) is 3.14. The van der Waals surface area contributed by atoms with E-state index < -0.39 is 0 Å². The van der Waals surface area contributed by atoms with Gasteiger partial charge in [-0.2, -0.15) is 4.98 Å². The van der Waals surface area contributed by atoms with Gasteiger partial charge in [0, 0.05) is 18.5 Å². The molecule has 8 heteroatoms. The molecule has 1 aromatic heterocycles. The smallest absolute Gasteiger partial charge is 0.251 e. The number of hydrogen-bond donors (Lipinski definition) is 2. The van der Waals surface area contributed by atoms with E-state index in [-0.39, 0.29) is 30.3 Å². The van der Waals surface area contributed by atoms with E-state index in [1.165, 1.54) is 0 Å². The lowest BCUT2D eigenvalue weighted by atomic mass is 9.81. The first-order chi connectivity index (χ1) is 12.6. The number of rotatable bonds is 7. The Morgan fingerprint density at radius 2 is 2.00 bits per heavy atom. The number of piperidine rings is 1. The minimum Gasteiger partial charge on any atom is -0.485 e. The quantitative estimate of drug-likeness (QED) is 0.750. The van der Waals surface area contributed by atoms with Crippen LogP contribution in [-0.4, -0.2) is 35.7 Å². The molecule has 0 aliphatic carbocycles. The number of amides is 1. The van der Waals surface area contributed by atoms with E-state index >= 15 is 0 Å². The van der Waals surface area contributed by atoms with E-state index in [0.717, 1.165) is 25.9 Å². The highest BCUT2D eigenvalue weighted by Crippen LogP contribution is 2.26. The molecule has 2 heterocycles. The third-order valence-electron chi connectivity index (χ3n) is 4.78. The van der Waals surface area contributed by atoms with Gasteiger partial charge in [0.2, 0.25) is 11.7 Å². The molecule has 27 heavy (non-hydrogen) atoms. The van der Waals surface area contributed by atoms with Crippen LogP contribution in [0.5, 0.6) is 5.75 Å². The molecule has 0 spiro atoms. The molecule has 2 N–H and O–H groups in total. The summed E-state index contributed by atoms with van der Waals surface area (Å²) in [6.45, 7) is 7.14. The molecule has 0 atom stereocenters. The molecule has 0 saturated carbocycles. The summed E-state index contributed by atoms with van der Waals surface area (Å²) in [7, 11) is 0. The van der Waals surface area contributed by atoms with Crippen LogP contribution in [0.3, 0.4) is 0 Å². The fraction of sp³-hybridized carbons (Fsp3) is 0.526. The molecule has 1 saturated heterocycles. The van der Waals surface area contributed by atoms with Crippen LogP contribution in [0.2, 0.25) is 0 Å². The molecule has 1 aromatic carbocycles. The number of aryl methyl sites for hydroxylation is 1. The molecule has 1 aliphatic heterocycles. The van der Waals surface area contributed by atoms with Gasteiger partial charge in [0.1, 0.15) is 5.75 Å². The van der Waals surface area contributed by atoms with Gasteiger partial charge in [-0.25, -0.2) is 0 Å². The van der Waals surface area contributed by atoms with Crippen molar-refractivity contribution in [3.8, 4) is 5.75 Å². The molecule has 3 rings (SSSR count). The second kappa shape index (κ2) is 9.71. The molecule has 0 unspecified atom stereocenters. The zero-order chi connectivity index (χ0) is 18.4. The van der Waals surface area contributed by atoms with Crippen LogP contribution in [0.15, 0.2) is 28.8 Å². The predicted molar refractivity (Wildman–Crippen MR) is 104 cm³/mol. The van der Waals surface area contributed by atoms with Crippen molar-refractivity contribution in [2.75, 3.05) is 19.6 Å². The van der Waals surface area contributed by atoms with Crippen molar-refractivity contribution in [2.45, 2.75) is 39.7 Å². The molecule has 1 amide bonds. The molecule has 7 nitrogen and oxygen atoms in total. The fourth-order valence-electron chi connectivity index (χ4n) is 2.95. The minimum atomic E-state index is -0.0536. The first-order valence-electron chi connectivity index (χ1n) is 9.11. The summed E-state index contributed by atoms with van der Waals surface area (Å²) >= 11 is 0. The largest absolute Gasteiger partial charge is 0.485 e. The number of benzene rings is 1. The van der Waals surface area contributed by atoms with Crippen LogP contribution in [0, 0.1) is 5.41 Å². The Morgan fingerprint density at radius 3 is 2.63 bits per heavy atom. The summed E-state index contributed by atoms with van der Waals surface area (Å²) in [5, 5.41) is 10.3. The number of carbonyl (C=O) groups is 1. The van der Waals surface area contributed by atoms with Crippen molar-refractivity contribution >= 4 is 18.3 Å². The maximum atomic E-state index is 12.4. The summed E-state index contributed by atoms with van der Waals surface area (Å²) in [5.41, 5.74) is 0.800. The Hall–Kier alpha value is -2.12. The highest BCUT2D eigenvalue weighted by molar-refractivity contribution is 5.94.